The van der Waals surface area contributed by atoms with E-state index in [1.54, 1.807) is 29.9 Å². The Labute approximate surface area is 230 Å². The molecule has 11 heteroatoms. The van der Waals surface area contributed by atoms with Gasteiger partial charge in [0, 0.05) is 54.8 Å². The summed E-state index contributed by atoms with van der Waals surface area (Å²) in [5, 5.41) is 4.72. The van der Waals surface area contributed by atoms with E-state index in [2.05, 4.69) is 19.5 Å². The summed E-state index contributed by atoms with van der Waals surface area (Å²) < 4.78 is 45.3. The van der Waals surface area contributed by atoms with Crippen molar-refractivity contribution in [2.24, 2.45) is 7.05 Å². The minimum absolute atomic E-state index is 0.00764. The number of pyridine rings is 1. The first-order valence-electron chi connectivity index (χ1n) is 13.6. The molecule has 2 aliphatic rings. The summed E-state index contributed by atoms with van der Waals surface area (Å²) in [5.74, 6) is 0.960. The number of amides is 1. The molecule has 0 bridgehead atoms. The molecule has 6 rings (SSSR count). The number of hydrogen-bond donors (Lipinski definition) is 0. The fraction of sp³-hybridized carbons (Fsp3) is 0.448. The average molecular weight is 552 g/mol. The highest BCUT2D eigenvalue weighted by Gasteiger charge is 2.36. The van der Waals surface area contributed by atoms with Crippen LogP contribution in [0.5, 0.6) is 0 Å². The predicted molar refractivity (Wildman–Crippen MR) is 146 cm³/mol. The lowest BCUT2D eigenvalue weighted by Gasteiger charge is -2.34. The van der Waals surface area contributed by atoms with Crippen LogP contribution in [-0.2, 0) is 18.4 Å². The molecule has 1 atom stereocenters. The molecule has 5 heterocycles. The van der Waals surface area contributed by atoms with Crippen LogP contribution in [0.2, 0.25) is 0 Å². The zero-order chi connectivity index (χ0) is 28.1. The number of piperidine rings is 1. The highest BCUT2D eigenvalue weighted by Crippen LogP contribution is 2.41. The van der Waals surface area contributed by atoms with Crippen LogP contribution in [0, 0.1) is 0 Å². The number of halogens is 3. The molecule has 40 heavy (non-hydrogen) atoms. The lowest BCUT2D eigenvalue weighted by atomic mass is 9.95. The van der Waals surface area contributed by atoms with Crippen molar-refractivity contribution in [2.75, 3.05) is 33.4 Å². The fourth-order valence-electron chi connectivity index (χ4n) is 6.20. The average Bonchev–Trinajstić information content (AvgIpc) is 3.55. The molecule has 0 aliphatic carbocycles. The van der Waals surface area contributed by atoms with Gasteiger partial charge in [0.15, 0.2) is 0 Å². The van der Waals surface area contributed by atoms with Crippen molar-refractivity contribution in [2.45, 2.75) is 44.7 Å². The second kappa shape index (κ2) is 10.3. The molecule has 3 aromatic heterocycles. The number of aromatic nitrogens is 5. The van der Waals surface area contributed by atoms with Crippen molar-refractivity contribution < 1.29 is 18.0 Å². The van der Waals surface area contributed by atoms with Crippen LogP contribution in [0.3, 0.4) is 0 Å². The molecule has 0 spiro atoms. The zero-order valence-electron chi connectivity index (χ0n) is 22.8. The molecule has 1 fully saturated rings. The van der Waals surface area contributed by atoms with E-state index in [1.165, 1.54) is 12.3 Å². The SMILES string of the molecule is C[C@H]1C(=O)N(C)Cc2c(-c3cccc4nc(-c5cnn(C)c5)c(C(F)F)cc34)nc(C3CCN(CCF)CC3)n21. The maximum absolute atomic E-state index is 14.4. The van der Waals surface area contributed by atoms with Crippen molar-refractivity contribution in [3.8, 4) is 22.5 Å². The summed E-state index contributed by atoms with van der Waals surface area (Å²) >= 11 is 0. The van der Waals surface area contributed by atoms with Gasteiger partial charge in [-0.05, 0) is 45.0 Å². The fourth-order valence-corrected chi connectivity index (χ4v) is 6.20. The minimum Gasteiger partial charge on any atom is -0.338 e. The van der Waals surface area contributed by atoms with Crippen molar-refractivity contribution in [3.05, 3.63) is 53.7 Å². The summed E-state index contributed by atoms with van der Waals surface area (Å²) in [4.78, 5) is 26.7. The Hall–Kier alpha value is -3.73. The molecule has 0 unspecified atom stereocenters. The van der Waals surface area contributed by atoms with Crippen molar-refractivity contribution in [3.63, 3.8) is 0 Å². The van der Waals surface area contributed by atoms with E-state index in [0.717, 1.165) is 37.4 Å². The standard InChI is InChI=1S/C29H32F3N7O/c1-17-29(40)36(2)16-24-26(35-28(39(17)24)18-7-10-38(11-8-18)12-9-30)20-5-4-6-23-21(20)13-22(27(31)32)25(34-23)19-14-33-37(3)15-19/h4-6,13-15,17-18,27H,7-12,16H2,1-3H3/t17-/m0/s1. The molecule has 0 saturated carbocycles. The third-order valence-corrected chi connectivity index (χ3v) is 8.26. The van der Waals surface area contributed by atoms with Gasteiger partial charge >= 0.3 is 0 Å². The number of likely N-dealkylation sites (N-methyl/N-ethyl adjacent to an activating group) is 1. The van der Waals surface area contributed by atoms with E-state index < -0.39 is 12.5 Å². The van der Waals surface area contributed by atoms with E-state index in [4.69, 9.17) is 4.98 Å². The lowest BCUT2D eigenvalue weighted by molar-refractivity contribution is -0.135. The van der Waals surface area contributed by atoms with Crippen molar-refractivity contribution >= 4 is 16.8 Å². The van der Waals surface area contributed by atoms with E-state index in [9.17, 15) is 18.0 Å². The number of nitrogens with zero attached hydrogens (tertiary/aromatic N) is 7. The van der Waals surface area contributed by atoms with Gasteiger partial charge in [-0.2, -0.15) is 5.10 Å². The van der Waals surface area contributed by atoms with E-state index in [0.29, 0.717) is 40.8 Å². The Kier molecular flexibility index (Phi) is 6.85. The van der Waals surface area contributed by atoms with Crippen LogP contribution in [0.1, 0.15) is 55.2 Å². The molecule has 1 saturated heterocycles. The lowest BCUT2D eigenvalue weighted by Crippen LogP contribution is -2.40. The number of hydrogen-bond acceptors (Lipinski definition) is 5. The maximum Gasteiger partial charge on any atom is 0.265 e. The largest absolute Gasteiger partial charge is 0.338 e. The molecule has 210 valence electrons. The molecule has 0 N–H and O–H groups in total. The number of carbonyl (C=O) groups excluding carboxylic acids is 1. The number of aryl methyl sites for hydroxylation is 1. The van der Waals surface area contributed by atoms with Crippen LogP contribution < -0.4 is 0 Å². The van der Waals surface area contributed by atoms with Gasteiger partial charge in [-0.25, -0.2) is 23.1 Å². The Morgan fingerprint density at radius 3 is 2.55 bits per heavy atom. The molecule has 8 nitrogen and oxygen atoms in total. The van der Waals surface area contributed by atoms with Crippen molar-refractivity contribution in [1.82, 2.24) is 34.1 Å². The summed E-state index contributed by atoms with van der Waals surface area (Å²) in [6.45, 7) is 3.83. The first-order chi connectivity index (χ1) is 19.3. The topological polar surface area (TPSA) is 72.1 Å². The van der Waals surface area contributed by atoms with Crippen LogP contribution in [0.4, 0.5) is 13.2 Å². The highest BCUT2D eigenvalue weighted by molar-refractivity contribution is 5.96. The van der Waals surface area contributed by atoms with Crippen LogP contribution in [0.25, 0.3) is 33.4 Å². The molecular weight excluding hydrogens is 519 g/mol. The van der Waals surface area contributed by atoms with Gasteiger partial charge in [0.25, 0.3) is 6.43 Å². The quantitative estimate of drug-likeness (QED) is 0.333. The normalized spacial score (nSPS) is 18.7. The third-order valence-electron chi connectivity index (χ3n) is 8.26. The minimum atomic E-state index is -2.73. The van der Waals surface area contributed by atoms with Gasteiger partial charge in [-0.15, -0.1) is 0 Å². The smallest absolute Gasteiger partial charge is 0.265 e. The third kappa shape index (κ3) is 4.46. The zero-order valence-corrected chi connectivity index (χ0v) is 22.8. The number of rotatable bonds is 6. The Balaban J connectivity index is 1.51. The van der Waals surface area contributed by atoms with Gasteiger partial charge in [-0.1, -0.05) is 12.1 Å². The summed E-state index contributed by atoms with van der Waals surface area (Å²) in [6, 6.07) is 6.65. The number of imidazole rings is 1. The predicted octanol–water partition coefficient (Wildman–Crippen LogP) is 5.12. The van der Waals surface area contributed by atoms with E-state index in [1.807, 2.05) is 25.1 Å². The first kappa shape index (κ1) is 26.5. The highest BCUT2D eigenvalue weighted by atomic mass is 19.3. The van der Waals surface area contributed by atoms with Gasteiger partial charge < -0.3 is 14.4 Å². The summed E-state index contributed by atoms with van der Waals surface area (Å²) in [6.07, 6.45) is 2.11. The monoisotopic (exact) mass is 551 g/mol. The van der Waals surface area contributed by atoms with Gasteiger partial charge in [0.05, 0.1) is 35.3 Å². The van der Waals surface area contributed by atoms with Gasteiger partial charge in [-0.3, -0.25) is 9.48 Å². The summed E-state index contributed by atoms with van der Waals surface area (Å²) in [7, 11) is 3.51. The van der Waals surface area contributed by atoms with Gasteiger partial charge in [0.2, 0.25) is 5.91 Å². The van der Waals surface area contributed by atoms with E-state index in [-0.39, 0.29) is 29.8 Å². The molecule has 4 aromatic rings. The molecule has 2 aliphatic heterocycles. The van der Waals surface area contributed by atoms with Gasteiger partial charge in [0.1, 0.15) is 18.5 Å². The number of likely N-dealkylation sites (tertiary alicyclic amines) is 1. The van der Waals surface area contributed by atoms with Crippen LogP contribution in [-0.4, -0.2) is 73.4 Å². The van der Waals surface area contributed by atoms with Crippen LogP contribution in [0.15, 0.2) is 36.7 Å². The van der Waals surface area contributed by atoms with E-state index >= 15 is 0 Å². The Morgan fingerprint density at radius 1 is 1.10 bits per heavy atom. The molecule has 1 aromatic carbocycles. The number of carbonyl (C=O) groups is 1. The number of benzene rings is 1. The summed E-state index contributed by atoms with van der Waals surface area (Å²) in [5.41, 5.74) is 3.44. The van der Waals surface area contributed by atoms with Crippen molar-refractivity contribution in [1.29, 1.82) is 0 Å². The first-order valence-corrected chi connectivity index (χ1v) is 13.6. The molecular formula is C29H32F3N7O. The second-order valence-corrected chi connectivity index (χ2v) is 10.8. The number of alkyl halides is 3. The Bertz CT molecular complexity index is 1570. The maximum atomic E-state index is 14.4. The van der Waals surface area contributed by atoms with Crippen LogP contribution >= 0.6 is 0 Å². The molecule has 0 radical (unpaired) electrons. The number of fused-ring (bicyclic) bond motifs is 2. The molecule has 1 amide bonds. The Morgan fingerprint density at radius 2 is 1.88 bits per heavy atom. The second-order valence-electron chi connectivity index (χ2n) is 10.8.